The van der Waals surface area contributed by atoms with E-state index < -0.39 is 44.8 Å². The first-order chi connectivity index (χ1) is 12.8. The van der Waals surface area contributed by atoms with Gasteiger partial charge in [-0.2, -0.15) is 0 Å². The average Bonchev–Trinajstić information content (AvgIpc) is 2.55. The number of aromatic hydroxyl groups is 1. The third-order valence-corrected chi connectivity index (χ3v) is 4.99. The fourth-order valence-corrected chi connectivity index (χ4v) is 3.31. The fourth-order valence-electron chi connectivity index (χ4n) is 2.37. The van der Waals surface area contributed by atoms with Crippen LogP contribution in [0.15, 0.2) is 27.9 Å². The summed E-state index contributed by atoms with van der Waals surface area (Å²) in [5.41, 5.74) is 4.07. The van der Waals surface area contributed by atoms with Crippen molar-refractivity contribution in [3.8, 4) is 5.75 Å². The van der Waals surface area contributed by atoms with E-state index in [2.05, 4.69) is 15.3 Å². The van der Waals surface area contributed by atoms with Crippen LogP contribution >= 0.6 is 0 Å². The number of hydrogen-bond acceptors (Lipinski definition) is 7. The Labute approximate surface area is 160 Å². The Hall–Kier alpha value is -2.79. The van der Waals surface area contributed by atoms with Gasteiger partial charge in [-0.1, -0.05) is 6.07 Å². The highest BCUT2D eigenvalue weighted by Crippen LogP contribution is 2.18. The Morgan fingerprint density at radius 2 is 2.04 bits per heavy atom. The maximum Gasteiger partial charge on any atom is 0.293 e. The molecule has 28 heavy (non-hydrogen) atoms. The molecule has 5 N–H and O–H groups in total. The minimum atomic E-state index is -3.70. The molecule has 0 saturated heterocycles. The zero-order chi connectivity index (χ0) is 21.3. The van der Waals surface area contributed by atoms with E-state index in [9.17, 15) is 27.5 Å². The topological polar surface area (TPSA) is 155 Å². The monoisotopic (exact) mass is 412 g/mol. The summed E-state index contributed by atoms with van der Waals surface area (Å²) in [5, 5.41) is 12.3. The largest absolute Gasteiger partial charge is 0.502 e. The van der Waals surface area contributed by atoms with E-state index in [1.807, 2.05) is 0 Å². The summed E-state index contributed by atoms with van der Waals surface area (Å²) in [7, 11) is -3.70. The molecular weight excluding hydrogens is 391 g/mol. The van der Waals surface area contributed by atoms with E-state index >= 15 is 0 Å². The van der Waals surface area contributed by atoms with Crippen LogP contribution < -0.4 is 16.6 Å². The lowest BCUT2D eigenvalue weighted by Gasteiger charge is -2.18. The van der Waals surface area contributed by atoms with Crippen molar-refractivity contribution in [3.63, 3.8) is 0 Å². The molecule has 1 heterocycles. The van der Waals surface area contributed by atoms with Crippen molar-refractivity contribution in [2.24, 2.45) is 5.73 Å². The molecule has 1 aromatic carbocycles. The number of halogens is 1. The number of aromatic amines is 1. The molecule has 9 nitrogen and oxygen atoms in total. The zero-order valence-corrected chi connectivity index (χ0v) is 16.4. The van der Waals surface area contributed by atoms with Crippen LogP contribution in [0.2, 0.25) is 0 Å². The number of carbonyl (C=O) groups excluding carboxylic acids is 1. The second-order valence-electron chi connectivity index (χ2n) is 6.91. The van der Waals surface area contributed by atoms with Crippen LogP contribution in [0.3, 0.4) is 0 Å². The number of H-pyrrole nitrogens is 1. The molecule has 0 atom stereocenters. The number of benzene rings is 1. The molecule has 2 aromatic rings. The molecule has 0 fully saturated rings. The quantitative estimate of drug-likeness (QED) is 0.523. The summed E-state index contributed by atoms with van der Waals surface area (Å²) in [6.45, 7) is 2.99. The molecule has 11 heteroatoms. The van der Waals surface area contributed by atoms with Gasteiger partial charge in [0.25, 0.3) is 5.56 Å². The molecule has 0 unspecified atom stereocenters. The first-order valence-electron chi connectivity index (χ1n) is 8.15. The molecule has 0 spiro atoms. The Kier molecular flexibility index (Phi) is 5.90. The van der Waals surface area contributed by atoms with Gasteiger partial charge in [0.05, 0.1) is 22.5 Å². The number of aromatic nitrogens is 2. The van der Waals surface area contributed by atoms with Crippen LogP contribution in [0.5, 0.6) is 5.75 Å². The first-order valence-corrected chi connectivity index (χ1v) is 10.0. The zero-order valence-electron chi connectivity index (χ0n) is 15.5. The summed E-state index contributed by atoms with van der Waals surface area (Å²) in [5.74, 6) is -1.96. The Morgan fingerprint density at radius 3 is 2.61 bits per heavy atom. The van der Waals surface area contributed by atoms with Gasteiger partial charge in [0, 0.05) is 12.8 Å². The number of carbonyl (C=O) groups is 1. The number of nitrogens with zero attached hydrogens (tertiary/aromatic N) is 1. The Balaban J connectivity index is 2.21. The van der Waals surface area contributed by atoms with Crippen LogP contribution in [-0.4, -0.2) is 35.7 Å². The minimum Gasteiger partial charge on any atom is -0.502 e. The SMILES string of the molecule is CC(C)(N)c1nc(CC(=O)NCc2ccc(F)cc2S(C)(=O)=O)c(O)c(=O)[nH]1. The van der Waals surface area contributed by atoms with E-state index in [4.69, 9.17) is 5.73 Å². The predicted molar refractivity (Wildman–Crippen MR) is 98.8 cm³/mol. The number of hydrogen-bond donors (Lipinski definition) is 4. The van der Waals surface area contributed by atoms with Crippen molar-refractivity contribution < 1.29 is 22.7 Å². The van der Waals surface area contributed by atoms with Crippen molar-refractivity contribution in [2.75, 3.05) is 6.26 Å². The van der Waals surface area contributed by atoms with Gasteiger partial charge < -0.3 is 21.1 Å². The van der Waals surface area contributed by atoms with Gasteiger partial charge in [-0.05, 0) is 31.5 Å². The summed E-state index contributed by atoms with van der Waals surface area (Å²) in [4.78, 5) is 30.2. The molecular formula is C17H21FN4O5S. The van der Waals surface area contributed by atoms with Gasteiger partial charge in [-0.25, -0.2) is 17.8 Å². The molecule has 1 amide bonds. The van der Waals surface area contributed by atoms with Crippen molar-refractivity contribution in [2.45, 2.75) is 37.2 Å². The van der Waals surface area contributed by atoms with E-state index in [0.717, 1.165) is 18.4 Å². The van der Waals surface area contributed by atoms with Crippen LogP contribution in [0.4, 0.5) is 4.39 Å². The molecule has 2 rings (SSSR count). The van der Waals surface area contributed by atoms with Crippen LogP contribution in [0.25, 0.3) is 0 Å². The predicted octanol–water partition coefficient (Wildman–Crippen LogP) is 0.0708. The highest BCUT2D eigenvalue weighted by Gasteiger charge is 2.22. The first kappa shape index (κ1) is 21.5. The van der Waals surface area contributed by atoms with Gasteiger partial charge in [0.2, 0.25) is 11.7 Å². The molecule has 0 aliphatic rings. The number of amides is 1. The maximum absolute atomic E-state index is 13.3. The van der Waals surface area contributed by atoms with Gasteiger partial charge in [-0.15, -0.1) is 0 Å². The van der Waals surface area contributed by atoms with Gasteiger partial charge in [0.1, 0.15) is 11.6 Å². The Bertz CT molecular complexity index is 1070. The second kappa shape index (κ2) is 7.68. The smallest absolute Gasteiger partial charge is 0.293 e. The lowest BCUT2D eigenvalue weighted by molar-refractivity contribution is -0.120. The molecule has 0 radical (unpaired) electrons. The van der Waals surface area contributed by atoms with Gasteiger partial charge in [-0.3, -0.25) is 9.59 Å². The van der Waals surface area contributed by atoms with Crippen molar-refractivity contribution in [1.82, 2.24) is 15.3 Å². The van der Waals surface area contributed by atoms with E-state index in [1.54, 1.807) is 13.8 Å². The Morgan fingerprint density at radius 1 is 1.39 bits per heavy atom. The number of nitrogens with one attached hydrogen (secondary N) is 2. The third-order valence-electron chi connectivity index (χ3n) is 3.81. The maximum atomic E-state index is 13.3. The summed E-state index contributed by atoms with van der Waals surface area (Å²) < 4.78 is 36.9. The van der Waals surface area contributed by atoms with Gasteiger partial charge >= 0.3 is 0 Å². The molecule has 0 bridgehead atoms. The van der Waals surface area contributed by atoms with E-state index in [0.29, 0.717) is 0 Å². The third kappa shape index (κ3) is 5.14. The summed E-state index contributed by atoms with van der Waals surface area (Å²) in [6, 6.07) is 3.20. The van der Waals surface area contributed by atoms with Crippen LogP contribution in [0.1, 0.15) is 30.9 Å². The van der Waals surface area contributed by atoms with Crippen LogP contribution in [-0.2, 0) is 33.1 Å². The van der Waals surface area contributed by atoms with Crippen molar-refractivity contribution >= 4 is 15.7 Å². The van der Waals surface area contributed by atoms with Crippen LogP contribution in [0, 0.1) is 5.82 Å². The molecule has 1 aromatic heterocycles. The standard InChI is InChI=1S/C17H21FN4O5S/c1-17(2,19)16-21-11(14(24)15(25)22-16)7-13(23)20-8-9-4-5-10(18)6-12(9)28(3,26)27/h4-6,24H,7-8,19H2,1-3H3,(H,20,23)(H,21,22,25). The average molecular weight is 412 g/mol. The van der Waals surface area contributed by atoms with E-state index in [1.165, 1.54) is 6.07 Å². The second-order valence-corrected chi connectivity index (χ2v) is 8.89. The van der Waals surface area contributed by atoms with E-state index in [-0.39, 0.29) is 28.5 Å². The van der Waals surface area contributed by atoms with Crippen molar-refractivity contribution in [1.29, 1.82) is 0 Å². The lowest BCUT2D eigenvalue weighted by atomic mass is 10.1. The lowest BCUT2D eigenvalue weighted by Crippen LogP contribution is -2.34. The summed E-state index contributed by atoms with van der Waals surface area (Å²) >= 11 is 0. The van der Waals surface area contributed by atoms with Gasteiger partial charge in [0.15, 0.2) is 9.84 Å². The number of rotatable bonds is 6. The highest BCUT2D eigenvalue weighted by molar-refractivity contribution is 7.90. The fraction of sp³-hybridized carbons (Fsp3) is 0.353. The minimum absolute atomic E-state index is 0.0935. The number of nitrogens with two attached hydrogens (primary N) is 1. The molecule has 0 aliphatic carbocycles. The normalized spacial score (nSPS) is 12.0. The highest BCUT2D eigenvalue weighted by atomic mass is 32.2. The molecule has 0 aliphatic heterocycles. The number of sulfone groups is 1. The van der Waals surface area contributed by atoms with Crippen molar-refractivity contribution in [3.05, 3.63) is 51.5 Å². The summed E-state index contributed by atoms with van der Waals surface area (Å²) in [6.07, 6.45) is 0.496. The molecule has 0 saturated carbocycles. The molecule has 152 valence electrons.